The summed E-state index contributed by atoms with van der Waals surface area (Å²) in [6.07, 6.45) is 0. The molecule has 0 amide bonds. The quantitative estimate of drug-likeness (QED) is 0.114. The molecule has 0 atom stereocenters. The largest absolute Gasteiger partial charge is 0.310 e. The van der Waals surface area contributed by atoms with Crippen LogP contribution in [0, 0.1) is 0 Å². The van der Waals surface area contributed by atoms with Gasteiger partial charge in [0.05, 0.1) is 22.1 Å². The summed E-state index contributed by atoms with van der Waals surface area (Å²) < 4.78 is 4.73. The summed E-state index contributed by atoms with van der Waals surface area (Å²) in [5.74, 6) is 0. The van der Waals surface area contributed by atoms with Crippen LogP contribution in [0.4, 0.5) is 34.1 Å². The molecule has 17 aromatic rings. The fraction of sp³-hybridized carbons (Fsp3) is 0. The predicted octanol–water partition coefficient (Wildman–Crippen LogP) is 24.8. The number of aromatic nitrogens is 2. The van der Waals surface area contributed by atoms with E-state index < -0.39 is 0 Å². The summed E-state index contributed by atoms with van der Waals surface area (Å²) in [4.78, 5) is 4.67. The first-order valence-corrected chi connectivity index (χ1v) is 32.1. The van der Waals surface area contributed by atoms with Gasteiger partial charge in [-0.25, -0.2) is 0 Å². The van der Waals surface area contributed by atoms with Gasteiger partial charge in [-0.2, -0.15) is 0 Å². The molecule has 17 rings (SSSR count). The second kappa shape index (κ2) is 25.4. The van der Waals surface area contributed by atoms with E-state index in [1.165, 1.54) is 99.2 Å². The second-order valence-corrected chi connectivity index (χ2v) is 23.7. The highest BCUT2D eigenvalue weighted by Gasteiger charge is 2.19. The highest BCUT2D eigenvalue weighted by molar-refractivity contribution is 6.10. The van der Waals surface area contributed by atoms with Gasteiger partial charge in [0.1, 0.15) is 0 Å². The zero-order chi connectivity index (χ0) is 62.6. The summed E-state index contributed by atoms with van der Waals surface area (Å²) >= 11 is 0. The van der Waals surface area contributed by atoms with Crippen LogP contribution in [-0.2, 0) is 0 Å². The lowest BCUT2D eigenvalue weighted by Crippen LogP contribution is -2.10. The Morgan fingerprint density at radius 1 is 0.149 bits per heavy atom. The molecule has 0 aliphatic rings. The monoisotopic (exact) mass is 1200 g/mol. The molecule has 2 aromatic heterocycles. The van der Waals surface area contributed by atoms with Gasteiger partial charge in [0.2, 0.25) is 0 Å². The Balaban J connectivity index is 0.000000150. The van der Waals surface area contributed by atoms with Gasteiger partial charge in [-0.05, 0) is 177 Å². The molecule has 0 saturated heterocycles. The lowest BCUT2D eigenvalue weighted by molar-refractivity contribution is 1.18. The van der Waals surface area contributed by atoms with Crippen molar-refractivity contribution < 1.29 is 0 Å². The van der Waals surface area contributed by atoms with Crippen molar-refractivity contribution in [3.63, 3.8) is 0 Å². The summed E-state index contributed by atoms with van der Waals surface area (Å²) in [7, 11) is 0. The first-order chi connectivity index (χ1) is 46.6. The van der Waals surface area contributed by atoms with Gasteiger partial charge in [-0.1, -0.05) is 267 Å². The average molecular weight is 1200 g/mol. The highest BCUT2D eigenvalue weighted by atomic mass is 15.1. The fourth-order valence-electron chi connectivity index (χ4n) is 13.4. The Morgan fingerprint density at radius 3 is 0.670 bits per heavy atom. The van der Waals surface area contributed by atoms with E-state index in [1.54, 1.807) is 0 Å². The molecular weight excluding hydrogens is 1140 g/mol. The van der Waals surface area contributed by atoms with Crippen molar-refractivity contribution in [2.45, 2.75) is 0 Å². The van der Waals surface area contributed by atoms with Crippen LogP contribution >= 0.6 is 0 Å². The lowest BCUT2D eigenvalue weighted by atomic mass is 10.0. The Labute approximate surface area is 548 Å². The van der Waals surface area contributed by atoms with Gasteiger partial charge in [0, 0.05) is 67.0 Å². The molecule has 0 saturated carbocycles. The third-order valence-corrected chi connectivity index (χ3v) is 18.0. The van der Waals surface area contributed by atoms with E-state index in [2.05, 4.69) is 407 Å². The summed E-state index contributed by atoms with van der Waals surface area (Å²) in [5.41, 5.74) is 25.8. The average Bonchev–Trinajstić information content (AvgIpc) is 1.61. The van der Waals surface area contributed by atoms with Gasteiger partial charge >= 0.3 is 0 Å². The molecule has 0 N–H and O–H groups in total. The third kappa shape index (κ3) is 11.2. The molecule has 0 radical (unpaired) electrons. The van der Waals surface area contributed by atoms with Crippen LogP contribution in [0.1, 0.15) is 0 Å². The molecule has 4 nitrogen and oxygen atoms in total. The van der Waals surface area contributed by atoms with Crippen LogP contribution in [0.3, 0.4) is 0 Å². The van der Waals surface area contributed by atoms with E-state index in [0.717, 1.165) is 45.5 Å². The number of benzene rings is 15. The minimum Gasteiger partial charge on any atom is -0.310 e. The fourth-order valence-corrected chi connectivity index (χ4v) is 13.4. The van der Waals surface area contributed by atoms with Gasteiger partial charge < -0.3 is 18.9 Å². The molecule has 2 heterocycles. The molecule has 0 aliphatic heterocycles. The standard InChI is InChI=1S/C48H34N2.C42H30N2/c1-3-12-35(13-4-1)37-22-28-41(29-23-37)49(42-30-24-38(25-31-42)36-14-5-2-6-15-36)44-17-11-16-40(34-44)39-26-32-43(33-27-39)50-47-20-9-7-18-45(47)46-19-8-10-21-48(46)50;1-3-12-31(13-4-1)32-22-26-36(27-23-32)43(35-15-5-2-6-16-35)38-17-11-14-34(30-38)33-24-28-37(29-25-33)44-41-20-9-7-18-39(41)40-19-8-10-21-42(40)44/h1-34H;1-30H. The molecule has 4 heteroatoms. The molecule has 0 unspecified atom stereocenters. The van der Waals surface area contributed by atoms with Crippen molar-refractivity contribution >= 4 is 77.7 Å². The Kier molecular flexibility index (Phi) is 15.3. The minimum atomic E-state index is 1.11. The summed E-state index contributed by atoms with van der Waals surface area (Å²) in [6, 6.07) is 139. The molecule has 0 bridgehead atoms. The van der Waals surface area contributed by atoms with Gasteiger partial charge in [-0.15, -0.1) is 0 Å². The van der Waals surface area contributed by atoms with Crippen LogP contribution in [0.25, 0.3) is 111 Å². The topological polar surface area (TPSA) is 16.3 Å². The number of hydrogen-bond donors (Lipinski definition) is 0. The van der Waals surface area contributed by atoms with Crippen molar-refractivity contribution in [2.24, 2.45) is 0 Å². The Morgan fingerprint density at radius 2 is 0.362 bits per heavy atom. The maximum absolute atomic E-state index is 2.37. The first-order valence-electron chi connectivity index (χ1n) is 32.1. The van der Waals surface area contributed by atoms with Crippen molar-refractivity contribution in [3.8, 4) is 67.0 Å². The number of hydrogen-bond acceptors (Lipinski definition) is 2. The van der Waals surface area contributed by atoms with Crippen molar-refractivity contribution in [3.05, 3.63) is 388 Å². The van der Waals surface area contributed by atoms with E-state index in [-0.39, 0.29) is 0 Å². The summed E-state index contributed by atoms with van der Waals surface area (Å²) in [5, 5.41) is 5.09. The first kappa shape index (κ1) is 56.7. The molecule has 15 aromatic carbocycles. The number of nitrogens with zero attached hydrogens (tertiary/aromatic N) is 4. The number of anilines is 6. The third-order valence-electron chi connectivity index (χ3n) is 18.0. The van der Waals surface area contributed by atoms with E-state index in [9.17, 15) is 0 Å². The second-order valence-electron chi connectivity index (χ2n) is 23.7. The van der Waals surface area contributed by atoms with Crippen LogP contribution in [-0.4, -0.2) is 9.13 Å². The maximum atomic E-state index is 2.37. The zero-order valence-corrected chi connectivity index (χ0v) is 51.7. The molecule has 444 valence electrons. The Bertz CT molecular complexity index is 5240. The summed E-state index contributed by atoms with van der Waals surface area (Å²) in [6.45, 7) is 0. The van der Waals surface area contributed by atoms with E-state index in [1.807, 2.05) is 0 Å². The van der Waals surface area contributed by atoms with Gasteiger partial charge in [0.15, 0.2) is 0 Å². The SMILES string of the molecule is c1ccc(-c2ccc(N(c3ccc(-c4ccccc4)cc3)c3cccc(-c4ccc(-n5c6ccccc6c6ccccc65)cc4)c3)cc2)cc1.c1ccc(-c2ccc(N(c3ccccc3)c3cccc(-c4ccc(-n5c6ccccc6c6ccccc65)cc4)c3)cc2)cc1. The maximum Gasteiger partial charge on any atom is 0.0541 e. The number of rotatable bonds is 13. The van der Waals surface area contributed by atoms with Crippen molar-refractivity contribution in [1.82, 2.24) is 9.13 Å². The molecular formula is C90H64N4. The van der Waals surface area contributed by atoms with Crippen molar-refractivity contribution in [2.75, 3.05) is 9.80 Å². The normalized spacial score (nSPS) is 11.2. The van der Waals surface area contributed by atoms with E-state index in [4.69, 9.17) is 0 Å². The minimum absolute atomic E-state index is 1.11. The van der Waals surface area contributed by atoms with Gasteiger partial charge in [0.25, 0.3) is 0 Å². The van der Waals surface area contributed by atoms with Crippen LogP contribution < -0.4 is 9.80 Å². The lowest BCUT2D eigenvalue weighted by Gasteiger charge is -2.26. The van der Waals surface area contributed by atoms with Crippen molar-refractivity contribution in [1.29, 1.82) is 0 Å². The zero-order valence-electron chi connectivity index (χ0n) is 51.7. The molecule has 0 fully saturated rings. The number of para-hydroxylation sites is 5. The number of fused-ring (bicyclic) bond motifs is 6. The van der Waals surface area contributed by atoms with Gasteiger partial charge in [-0.3, -0.25) is 0 Å². The van der Waals surface area contributed by atoms with Crippen LogP contribution in [0.15, 0.2) is 388 Å². The smallest absolute Gasteiger partial charge is 0.0541 e. The molecule has 0 aliphatic carbocycles. The molecule has 0 spiro atoms. The Hall–Kier alpha value is -12.5. The highest BCUT2D eigenvalue weighted by Crippen LogP contribution is 2.42. The van der Waals surface area contributed by atoms with Crippen LogP contribution in [0.2, 0.25) is 0 Å². The van der Waals surface area contributed by atoms with Crippen LogP contribution in [0.5, 0.6) is 0 Å². The molecule has 94 heavy (non-hydrogen) atoms. The van der Waals surface area contributed by atoms with E-state index in [0.29, 0.717) is 0 Å². The predicted molar refractivity (Wildman–Crippen MR) is 398 cm³/mol. The van der Waals surface area contributed by atoms with E-state index >= 15 is 0 Å².